The van der Waals surface area contributed by atoms with E-state index in [2.05, 4.69) is 34.0 Å². The second kappa shape index (κ2) is 6.30. The molecule has 2 aromatic carbocycles. The lowest BCUT2D eigenvalue weighted by Gasteiger charge is -2.09. The van der Waals surface area contributed by atoms with Crippen LogP contribution in [0.1, 0.15) is 16.9 Å². The molecule has 2 N–H and O–H groups in total. The van der Waals surface area contributed by atoms with Crippen LogP contribution in [0, 0.1) is 6.92 Å². The summed E-state index contributed by atoms with van der Waals surface area (Å²) in [6.45, 7) is 2.70. The van der Waals surface area contributed by atoms with Gasteiger partial charge in [0.15, 0.2) is 0 Å². The van der Waals surface area contributed by atoms with E-state index in [0.717, 1.165) is 16.5 Å². The first kappa shape index (κ1) is 14.1. The molecule has 5 nitrogen and oxygen atoms in total. The largest absolute Gasteiger partial charge is 0.361 e. The van der Waals surface area contributed by atoms with Gasteiger partial charge in [-0.1, -0.05) is 47.6 Å². The van der Waals surface area contributed by atoms with Gasteiger partial charge in [0.1, 0.15) is 5.76 Å². The molecule has 3 rings (SSSR count). The van der Waals surface area contributed by atoms with E-state index in [-0.39, 0.29) is 6.03 Å². The summed E-state index contributed by atoms with van der Waals surface area (Å²) in [5.74, 6) is 0.717. The van der Waals surface area contributed by atoms with Gasteiger partial charge in [0, 0.05) is 18.7 Å². The van der Waals surface area contributed by atoms with Crippen molar-refractivity contribution in [2.45, 2.75) is 20.0 Å². The van der Waals surface area contributed by atoms with E-state index in [9.17, 15) is 4.79 Å². The van der Waals surface area contributed by atoms with E-state index in [0.29, 0.717) is 18.8 Å². The maximum Gasteiger partial charge on any atom is 0.315 e. The van der Waals surface area contributed by atoms with Crippen LogP contribution in [0.2, 0.25) is 0 Å². The number of rotatable bonds is 4. The van der Waals surface area contributed by atoms with Crippen LogP contribution in [-0.4, -0.2) is 11.2 Å². The zero-order chi connectivity index (χ0) is 15.4. The molecule has 0 saturated heterocycles. The number of fused-ring (bicyclic) bond motifs is 1. The Morgan fingerprint density at radius 3 is 2.55 bits per heavy atom. The van der Waals surface area contributed by atoms with Crippen LogP contribution >= 0.6 is 0 Å². The molecule has 0 aliphatic carbocycles. The topological polar surface area (TPSA) is 67.2 Å². The molecule has 0 aliphatic heterocycles. The Bertz CT molecular complexity index is 790. The molecule has 1 aromatic heterocycles. The number of hydrogen-bond donors (Lipinski definition) is 2. The summed E-state index contributed by atoms with van der Waals surface area (Å²) in [5, 5.41) is 11.7. The van der Waals surface area contributed by atoms with Crippen molar-refractivity contribution in [1.82, 2.24) is 15.8 Å². The fraction of sp³-hybridized carbons (Fsp3) is 0.176. The van der Waals surface area contributed by atoms with Gasteiger partial charge >= 0.3 is 6.03 Å². The lowest BCUT2D eigenvalue weighted by Crippen LogP contribution is -2.34. The number of urea groups is 1. The normalized spacial score (nSPS) is 10.6. The lowest BCUT2D eigenvalue weighted by molar-refractivity contribution is 0.240. The smallest absolute Gasteiger partial charge is 0.315 e. The van der Waals surface area contributed by atoms with Crippen molar-refractivity contribution < 1.29 is 9.32 Å². The van der Waals surface area contributed by atoms with Crippen LogP contribution in [0.4, 0.5) is 4.79 Å². The third-order valence-electron chi connectivity index (χ3n) is 3.61. The van der Waals surface area contributed by atoms with Gasteiger partial charge in [-0.05, 0) is 23.3 Å². The van der Waals surface area contributed by atoms with E-state index in [1.165, 1.54) is 5.39 Å². The van der Waals surface area contributed by atoms with Crippen molar-refractivity contribution in [3.63, 3.8) is 0 Å². The van der Waals surface area contributed by atoms with E-state index in [1.54, 1.807) is 6.20 Å². The Kier molecular flexibility index (Phi) is 4.05. The number of hydrogen-bond acceptors (Lipinski definition) is 3. The minimum Gasteiger partial charge on any atom is -0.361 e. The van der Waals surface area contributed by atoms with E-state index < -0.39 is 0 Å². The predicted molar refractivity (Wildman–Crippen MR) is 84.3 cm³/mol. The van der Waals surface area contributed by atoms with Gasteiger partial charge in [0.05, 0.1) is 6.20 Å². The molecule has 2 amide bonds. The second-order valence-corrected chi connectivity index (χ2v) is 5.08. The van der Waals surface area contributed by atoms with Gasteiger partial charge in [-0.3, -0.25) is 0 Å². The molecular weight excluding hydrogens is 278 g/mol. The minimum absolute atomic E-state index is 0.214. The van der Waals surface area contributed by atoms with E-state index in [1.807, 2.05) is 31.2 Å². The van der Waals surface area contributed by atoms with Crippen LogP contribution < -0.4 is 10.6 Å². The summed E-state index contributed by atoms with van der Waals surface area (Å²) in [7, 11) is 0. The summed E-state index contributed by atoms with van der Waals surface area (Å²) >= 11 is 0. The average Bonchev–Trinajstić information content (AvgIpc) is 2.96. The number of aryl methyl sites for hydroxylation is 1. The predicted octanol–water partition coefficient (Wildman–Crippen LogP) is 3.14. The maximum absolute atomic E-state index is 11.9. The molecule has 0 spiro atoms. The summed E-state index contributed by atoms with van der Waals surface area (Å²) in [6, 6.07) is 14.0. The van der Waals surface area contributed by atoms with Gasteiger partial charge < -0.3 is 15.2 Å². The van der Waals surface area contributed by atoms with E-state index >= 15 is 0 Å². The number of nitrogens with zero attached hydrogens (tertiary/aromatic N) is 1. The maximum atomic E-state index is 11.9. The number of nitrogens with one attached hydrogen (secondary N) is 2. The minimum atomic E-state index is -0.214. The van der Waals surface area contributed by atoms with Gasteiger partial charge in [-0.2, -0.15) is 0 Å². The number of amides is 2. The van der Waals surface area contributed by atoms with Crippen LogP contribution in [-0.2, 0) is 13.1 Å². The van der Waals surface area contributed by atoms with E-state index in [4.69, 9.17) is 4.52 Å². The highest BCUT2D eigenvalue weighted by Gasteiger charge is 2.06. The molecule has 5 heteroatoms. The third-order valence-corrected chi connectivity index (χ3v) is 3.61. The van der Waals surface area contributed by atoms with Crippen LogP contribution in [0.5, 0.6) is 0 Å². The Morgan fingerprint density at radius 2 is 1.77 bits per heavy atom. The van der Waals surface area contributed by atoms with Gasteiger partial charge in [-0.15, -0.1) is 0 Å². The number of carbonyl (C=O) groups is 1. The Hall–Kier alpha value is -2.82. The van der Waals surface area contributed by atoms with Gasteiger partial charge in [0.2, 0.25) is 0 Å². The molecular formula is C17H17N3O2. The first-order valence-corrected chi connectivity index (χ1v) is 7.12. The van der Waals surface area contributed by atoms with Crippen molar-refractivity contribution in [3.8, 4) is 0 Å². The summed E-state index contributed by atoms with van der Waals surface area (Å²) < 4.78 is 4.95. The highest BCUT2D eigenvalue weighted by Crippen LogP contribution is 2.18. The summed E-state index contributed by atoms with van der Waals surface area (Å²) in [5.41, 5.74) is 1.97. The fourth-order valence-electron chi connectivity index (χ4n) is 2.35. The zero-order valence-electron chi connectivity index (χ0n) is 12.3. The first-order valence-electron chi connectivity index (χ1n) is 7.12. The van der Waals surface area contributed by atoms with Crippen molar-refractivity contribution in [2.75, 3.05) is 0 Å². The standard InChI is InChI=1S/C17H17N3O2/c1-12-15(11-20-22-12)10-19-17(21)18-9-14-7-4-6-13-5-2-3-8-16(13)14/h2-8,11H,9-10H2,1H3,(H2,18,19,21). The molecule has 22 heavy (non-hydrogen) atoms. The summed E-state index contributed by atoms with van der Waals surface area (Å²) in [4.78, 5) is 11.9. The highest BCUT2D eigenvalue weighted by molar-refractivity contribution is 5.86. The monoisotopic (exact) mass is 295 g/mol. The lowest BCUT2D eigenvalue weighted by atomic mass is 10.0. The number of aromatic nitrogens is 1. The van der Waals surface area contributed by atoms with Crippen LogP contribution in [0.3, 0.4) is 0 Å². The van der Waals surface area contributed by atoms with Gasteiger partial charge in [0.25, 0.3) is 0 Å². The molecule has 0 radical (unpaired) electrons. The molecule has 112 valence electrons. The molecule has 1 heterocycles. The molecule has 0 fully saturated rings. The molecule has 3 aromatic rings. The van der Waals surface area contributed by atoms with Gasteiger partial charge in [-0.25, -0.2) is 4.79 Å². The van der Waals surface area contributed by atoms with Crippen LogP contribution in [0.25, 0.3) is 10.8 Å². The molecule has 0 unspecified atom stereocenters. The third kappa shape index (κ3) is 3.09. The van der Waals surface area contributed by atoms with Crippen LogP contribution in [0.15, 0.2) is 53.2 Å². The Morgan fingerprint density at radius 1 is 1.05 bits per heavy atom. The molecule has 0 atom stereocenters. The SMILES string of the molecule is Cc1oncc1CNC(=O)NCc1cccc2ccccc12. The molecule has 0 bridgehead atoms. The Balaban J connectivity index is 1.59. The quantitative estimate of drug-likeness (QED) is 0.777. The van der Waals surface area contributed by atoms with Crippen molar-refractivity contribution in [2.24, 2.45) is 0 Å². The number of carbonyl (C=O) groups excluding carboxylic acids is 1. The molecule has 0 saturated carbocycles. The fourth-order valence-corrected chi connectivity index (χ4v) is 2.35. The van der Waals surface area contributed by atoms with Crippen molar-refractivity contribution in [1.29, 1.82) is 0 Å². The highest BCUT2D eigenvalue weighted by atomic mass is 16.5. The van der Waals surface area contributed by atoms with Crippen molar-refractivity contribution in [3.05, 3.63) is 65.5 Å². The molecule has 0 aliphatic rings. The Labute approximate surface area is 128 Å². The number of benzene rings is 2. The average molecular weight is 295 g/mol. The first-order chi connectivity index (χ1) is 10.7. The summed E-state index contributed by atoms with van der Waals surface area (Å²) in [6.07, 6.45) is 1.61. The second-order valence-electron chi connectivity index (χ2n) is 5.08. The zero-order valence-corrected chi connectivity index (χ0v) is 12.3. The van der Waals surface area contributed by atoms with Crippen molar-refractivity contribution >= 4 is 16.8 Å².